The van der Waals surface area contributed by atoms with E-state index < -0.39 is 11.1 Å². The fourth-order valence-electron chi connectivity index (χ4n) is 2.53. The van der Waals surface area contributed by atoms with Crippen LogP contribution in [0.4, 0.5) is 0 Å². The van der Waals surface area contributed by atoms with Gasteiger partial charge in [-0.3, -0.25) is 9.59 Å². The van der Waals surface area contributed by atoms with E-state index in [0.717, 1.165) is 6.42 Å². The first-order chi connectivity index (χ1) is 12.8. The molecular weight excluding hydrogens is 356 g/mol. The van der Waals surface area contributed by atoms with E-state index in [1.54, 1.807) is 5.43 Å². The number of aliphatic imine (C=N–C) groups is 1. The van der Waals surface area contributed by atoms with Crippen LogP contribution in [-0.4, -0.2) is 55.2 Å². The van der Waals surface area contributed by atoms with Gasteiger partial charge in [-0.1, -0.05) is 19.3 Å². The van der Waals surface area contributed by atoms with Gasteiger partial charge in [-0.2, -0.15) is 0 Å². The Bertz CT molecular complexity index is 533. The molecule has 154 valence electrons. The van der Waals surface area contributed by atoms with E-state index in [-0.39, 0.29) is 30.2 Å². The molecule has 11 heteroatoms. The average Bonchev–Trinajstić information content (AvgIpc) is 3.11. The molecule has 27 heavy (non-hydrogen) atoms. The third-order valence-electron chi connectivity index (χ3n) is 4.09. The Morgan fingerprint density at radius 2 is 2.11 bits per heavy atom. The highest BCUT2D eigenvalue weighted by atomic mass is 16.7. The Balaban J connectivity index is 2.53. The summed E-state index contributed by atoms with van der Waals surface area (Å²) in [5.74, 6) is -0.530. The van der Waals surface area contributed by atoms with Crippen molar-refractivity contribution in [2.24, 2.45) is 22.6 Å². The van der Waals surface area contributed by atoms with Crippen molar-refractivity contribution in [2.75, 3.05) is 26.3 Å². The molecule has 1 saturated heterocycles. The fourth-order valence-corrected chi connectivity index (χ4v) is 2.53. The van der Waals surface area contributed by atoms with Crippen molar-refractivity contribution < 1.29 is 19.4 Å². The van der Waals surface area contributed by atoms with E-state index in [1.807, 2.05) is 0 Å². The van der Waals surface area contributed by atoms with Gasteiger partial charge in [-0.05, 0) is 31.6 Å². The molecule has 0 saturated carbocycles. The summed E-state index contributed by atoms with van der Waals surface area (Å²) in [4.78, 5) is 38.8. The maximum Gasteiger partial charge on any atom is 0.251 e. The zero-order valence-electron chi connectivity index (χ0n) is 15.9. The minimum atomic E-state index is -0.798. The number of nitrogens with two attached hydrogens (primary N) is 1. The minimum Gasteiger partial charge on any atom is -0.381 e. The molecule has 0 aromatic heterocycles. The molecule has 0 aromatic carbocycles. The predicted molar refractivity (Wildman–Crippen MR) is 99.2 cm³/mol. The van der Waals surface area contributed by atoms with Gasteiger partial charge < -0.3 is 21.1 Å². The summed E-state index contributed by atoms with van der Waals surface area (Å²) >= 11 is 0. The molecule has 2 amide bonds. The molecule has 1 heterocycles. The van der Waals surface area contributed by atoms with Crippen LogP contribution in [0.1, 0.15) is 39.5 Å². The number of nitrogens with one attached hydrogen (secondary N) is 3. The van der Waals surface area contributed by atoms with Crippen molar-refractivity contribution in [1.82, 2.24) is 16.1 Å². The molecule has 5 N–H and O–H groups in total. The second kappa shape index (κ2) is 12.0. The molecule has 1 aliphatic rings. The molecule has 1 aliphatic heterocycles. The molecular formula is C16H30N6O5. The quantitative estimate of drug-likeness (QED) is 0.123. The van der Waals surface area contributed by atoms with Crippen molar-refractivity contribution >= 4 is 17.8 Å². The maximum atomic E-state index is 12.4. The lowest BCUT2D eigenvalue weighted by Gasteiger charge is -2.20. The third-order valence-corrected chi connectivity index (χ3v) is 4.09. The number of ether oxygens (including phenoxy) is 1. The van der Waals surface area contributed by atoms with Crippen LogP contribution in [-0.2, 0) is 14.3 Å². The van der Waals surface area contributed by atoms with E-state index in [4.69, 9.17) is 10.5 Å². The number of amides is 2. The number of nitro groups is 1. The molecule has 0 aromatic rings. The Morgan fingerprint density at radius 3 is 2.70 bits per heavy atom. The van der Waals surface area contributed by atoms with Crippen LogP contribution in [0.25, 0.3) is 0 Å². The number of guanidine groups is 1. The van der Waals surface area contributed by atoms with E-state index in [1.165, 1.54) is 0 Å². The number of carbonyl (C=O) groups excluding carboxylic acids is 2. The topological polar surface area (TPSA) is 161 Å². The van der Waals surface area contributed by atoms with Gasteiger partial charge in [0.25, 0.3) is 5.96 Å². The molecule has 1 unspecified atom stereocenters. The highest BCUT2D eigenvalue weighted by Crippen LogP contribution is 2.13. The van der Waals surface area contributed by atoms with Crippen LogP contribution in [0, 0.1) is 22.0 Å². The van der Waals surface area contributed by atoms with Crippen molar-refractivity contribution in [3.63, 3.8) is 0 Å². The number of rotatable bonds is 11. The minimum absolute atomic E-state index is 0.199. The highest BCUT2D eigenvalue weighted by molar-refractivity contribution is 5.88. The summed E-state index contributed by atoms with van der Waals surface area (Å²) < 4.78 is 5.21. The Hall–Kier alpha value is -2.43. The standard InChI is InChI=1S/C16H30N6O5/c1-11(2)5-8-18-15(24)13(20-14(23)12-6-9-27-10-12)4-3-7-19-16(17)21-22(25)26/h11-13H,3-10H2,1-2H3,(H,18,24)(H,20,23)(H3,17,19,21)/t12?,13-/m0/s1. The first-order valence-electron chi connectivity index (χ1n) is 9.16. The molecule has 0 bridgehead atoms. The first kappa shape index (κ1) is 22.6. The number of carbonyl (C=O) groups is 2. The molecule has 2 atom stereocenters. The number of hydrogen-bond donors (Lipinski definition) is 4. The zero-order valence-corrected chi connectivity index (χ0v) is 15.9. The van der Waals surface area contributed by atoms with Crippen molar-refractivity contribution in [1.29, 1.82) is 0 Å². The van der Waals surface area contributed by atoms with Crippen molar-refractivity contribution in [3.8, 4) is 0 Å². The van der Waals surface area contributed by atoms with Crippen LogP contribution < -0.4 is 21.8 Å². The van der Waals surface area contributed by atoms with Crippen LogP contribution in [0.3, 0.4) is 0 Å². The lowest BCUT2D eigenvalue weighted by Crippen LogP contribution is -2.49. The molecule has 0 spiro atoms. The van der Waals surface area contributed by atoms with Crippen LogP contribution in [0.5, 0.6) is 0 Å². The highest BCUT2D eigenvalue weighted by Gasteiger charge is 2.27. The SMILES string of the molecule is CC(C)CCNC(=O)[C@H](CCCN=C(N)N[N+](=O)[O-])NC(=O)C1CCOC1. The molecule has 1 rings (SSSR count). The summed E-state index contributed by atoms with van der Waals surface area (Å²) in [5.41, 5.74) is 7.09. The predicted octanol–water partition coefficient (Wildman–Crippen LogP) is -0.454. The van der Waals surface area contributed by atoms with Gasteiger partial charge in [0.1, 0.15) is 6.04 Å². The summed E-state index contributed by atoms with van der Waals surface area (Å²) in [7, 11) is 0. The number of hydrazine groups is 1. The summed E-state index contributed by atoms with van der Waals surface area (Å²) in [6.45, 7) is 5.76. The third kappa shape index (κ3) is 9.73. The Labute approximate surface area is 158 Å². The normalized spacial score (nSPS) is 18.2. The van der Waals surface area contributed by atoms with Crippen LogP contribution in [0.2, 0.25) is 0 Å². The smallest absolute Gasteiger partial charge is 0.251 e. The average molecular weight is 386 g/mol. The summed E-state index contributed by atoms with van der Waals surface area (Å²) in [6.07, 6.45) is 2.27. The molecule has 11 nitrogen and oxygen atoms in total. The second-order valence-corrected chi connectivity index (χ2v) is 6.87. The number of hydrogen-bond acceptors (Lipinski definition) is 6. The van der Waals surface area contributed by atoms with Crippen molar-refractivity contribution in [3.05, 3.63) is 10.1 Å². The molecule has 0 radical (unpaired) electrons. The van der Waals surface area contributed by atoms with Gasteiger partial charge >= 0.3 is 0 Å². The van der Waals surface area contributed by atoms with Gasteiger partial charge in [0.05, 0.1) is 12.5 Å². The van der Waals surface area contributed by atoms with Gasteiger partial charge in [0, 0.05) is 19.7 Å². The summed E-state index contributed by atoms with van der Waals surface area (Å²) in [6, 6.07) is -0.690. The Morgan fingerprint density at radius 1 is 1.37 bits per heavy atom. The first-order valence-corrected chi connectivity index (χ1v) is 9.16. The van der Waals surface area contributed by atoms with E-state index >= 15 is 0 Å². The monoisotopic (exact) mass is 386 g/mol. The van der Waals surface area contributed by atoms with Gasteiger partial charge in [-0.15, -0.1) is 0 Å². The van der Waals surface area contributed by atoms with Crippen LogP contribution >= 0.6 is 0 Å². The van der Waals surface area contributed by atoms with Gasteiger partial charge in [-0.25, -0.2) is 15.1 Å². The molecule has 0 aliphatic carbocycles. The van der Waals surface area contributed by atoms with Crippen molar-refractivity contribution in [2.45, 2.75) is 45.6 Å². The van der Waals surface area contributed by atoms with E-state index in [9.17, 15) is 19.7 Å². The zero-order chi connectivity index (χ0) is 20.2. The fraction of sp³-hybridized carbons (Fsp3) is 0.812. The maximum absolute atomic E-state index is 12.4. The van der Waals surface area contributed by atoms with E-state index in [0.29, 0.717) is 44.9 Å². The lowest BCUT2D eigenvalue weighted by molar-refractivity contribution is -0.525. The summed E-state index contributed by atoms with van der Waals surface area (Å²) in [5, 5.41) is 15.1. The molecule has 1 fully saturated rings. The lowest BCUT2D eigenvalue weighted by atomic mass is 10.1. The second-order valence-electron chi connectivity index (χ2n) is 6.87. The van der Waals surface area contributed by atoms with Crippen LogP contribution in [0.15, 0.2) is 4.99 Å². The number of nitrogens with zero attached hydrogens (tertiary/aromatic N) is 2. The van der Waals surface area contributed by atoms with Gasteiger partial charge in [0.2, 0.25) is 11.8 Å². The van der Waals surface area contributed by atoms with E-state index in [2.05, 4.69) is 29.5 Å². The Kier molecular flexibility index (Phi) is 10.1. The largest absolute Gasteiger partial charge is 0.381 e. The van der Waals surface area contributed by atoms with Gasteiger partial charge in [0.15, 0.2) is 5.03 Å².